The van der Waals surface area contributed by atoms with Crippen LogP contribution in [0.25, 0.3) is 0 Å². The summed E-state index contributed by atoms with van der Waals surface area (Å²) in [6.07, 6.45) is 2.85. The standard InChI is InChI=1S/C12H26N2O/c1-10(2)5-4-6-14-7-8-15-12(9-14)11(3)13/h10-12H,4-9,13H2,1-3H3. The van der Waals surface area contributed by atoms with Gasteiger partial charge in [-0.2, -0.15) is 0 Å². The van der Waals surface area contributed by atoms with Gasteiger partial charge in [-0.1, -0.05) is 13.8 Å². The van der Waals surface area contributed by atoms with Crippen molar-refractivity contribution in [3.8, 4) is 0 Å². The lowest BCUT2D eigenvalue weighted by Crippen LogP contribution is -2.49. The molecular formula is C12H26N2O. The summed E-state index contributed by atoms with van der Waals surface area (Å²) in [4.78, 5) is 2.49. The van der Waals surface area contributed by atoms with Crippen LogP contribution in [0.2, 0.25) is 0 Å². The van der Waals surface area contributed by atoms with Crippen molar-refractivity contribution in [3.63, 3.8) is 0 Å². The fraction of sp³-hybridized carbons (Fsp3) is 1.00. The average molecular weight is 214 g/mol. The molecule has 1 aliphatic rings. The molecule has 3 nitrogen and oxygen atoms in total. The molecule has 0 spiro atoms. The first-order valence-electron chi connectivity index (χ1n) is 6.19. The quantitative estimate of drug-likeness (QED) is 0.753. The van der Waals surface area contributed by atoms with Gasteiger partial charge < -0.3 is 10.5 Å². The highest BCUT2D eigenvalue weighted by atomic mass is 16.5. The largest absolute Gasteiger partial charge is 0.374 e. The fourth-order valence-corrected chi connectivity index (χ4v) is 1.98. The van der Waals surface area contributed by atoms with Crippen molar-refractivity contribution in [1.82, 2.24) is 4.90 Å². The molecule has 2 atom stereocenters. The second-order valence-corrected chi connectivity index (χ2v) is 5.11. The minimum absolute atomic E-state index is 0.151. The zero-order valence-corrected chi connectivity index (χ0v) is 10.4. The topological polar surface area (TPSA) is 38.5 Å². The van der Waals surface area contributed by atoms with Gasteiger partial charge in [-0.25, -0.2) is 0 Å². The Kier molecular flexibility index (Phi) is 5.58. The summed E-state index contributed by atoms with van der Waals surface area (Å²) in [7, 11) is 0. The second-order valence-electron chi connectivity index (χ2n) is 5.11. The van der Waals surface area contributed by atoms with Gasteiger partial charge in [0.1, 0.15) is 0 Å². The molecule has 0 radical (unpaired) electrons. The maximum absolute atomic E-state index is 5.85. The molecule has 0 amide bonds. The van der Waals surface area contributed by atoms with E-state index in [0.29, 0.717) is 0 Å². The van der Waals surface area contributed by atoms with E-state index in [-0.39, 0.29) is 12.1 Å². The fourth-order valence-electron chi connectivity index (χ4n) is 1.98. The van der Waals surface area contributed by atoms with Gasteiger partial charge in [0.05, 0.1) is 12.7 Å². The first-order valence-corrected chi connectivity index (χ1v) is 6.19. The smallest absolute Gasteiger partial charge is 0.0850 e. The summed E-state index contributed by atoms with van der Waals surface area (Å²) in [6.45, 7) is 10.7. The van der Waals surface area contributed by atoms with Gasteiger partial charge in [-0.15, -0.1) is 0 Å². The molecule has 0 aromatic heterocycles. The number of hydrogen-bond acceptors (Lipinski definition) is 3. The third-order valence-electron chi connectivity index (χ3n) is 3.02. The van der Waals surface area contributed by atoms with Gasteiger partial charge in [-0.3, -0.25) is 4.90 Å². The van der Waals surface area contributed by atoms with E-state index in [0.717, 1.165) is 25.6 Å². The van der Waals surface area contributed by atoms with E-state index in [1.54, 1.807) is 0 Å². The summed E-state index contributed by atoms with van der Waals surface area (Å²) in [5, 5.41) is 0. The maximum atomic E-state index is 5.85. The van der Waals surface area contributed by atoms with Crippen molar-refractivity contribution in [2.75, 3.05) is 26.2 Å². The lowest BCUT2D eigenvalue weighted by atomic mass is 10.1. The van der Waals surface area contributed by atoms with E-state index in [1.807, 2.05) is 6.92 Å². The van der Waals surface area contributed by atoms with Gasteiger partial charge >= 0.3 is 0 Å². The number of rotatable bonds is 5. The number of hydrogen-bond donors (Lipinski definition) is 1. The third kappa shape index (κ3) is 4.96. The monoisotopic (exact) mass is 214 g/mol. The van der Waals surface area contributed by atoms with Crippen LogP contribution in [0.3, 0.4) is 0 Å². The highest BCUT2D eigenvalue weighted by molar-refractivity contribution is 4.77. The molecule has 15 heavy (non-hydrogen) atoms. The highest BCUT2D eigenvalue weighted by Gasteiger charge is 2.22. The van der Waals surface area contributed by atoms with Crippen molar-refractivity contribution >= 4 is 0 Å². The van der Waals surface area contributed by atoms with Crippen molar-refractivity contribution in [2.45, 2.75) is 45.8 Å². The molecule has 0 aliphatic carbocycles. The van der Waals surface area contributed by atoms with Crippen LogP contribution in [-0.2, 0) is 4.74 Å². The second kappa shape index (κ2) is 6.46. The summed E-state index contributed by atoms with van der Waals surface area (Å²) in [5.41, 5.74) is 5.85. The summed E-state index contributed by atoms with van der Waals surface area (Å²) >= 11 is 0. The van der Waals surface area contributed by atoms with E-state index in [1.165, 1.54) is 19.4 Å². The molecule has 0 saturated carbocycles. The number of morpholine rings is 1. The lowest BCUT2D eigenvalue weighted by molar-refractivity contribution is -0.0380. The first kappa shape index (κ1) is 12.9. The SMILES string of the molecule is CC(C)CCCN1CCOC(C(C)N)C1. The molecule has 90 valence electrons. The zero-order chi connectivity index (χ0) is 11.3. The third-order valence-corrected chi connectivity index (χ3v) is 3.02. The van der Waals surface area contributed by atoms with Gasteiger partial charge in [0.15, 0.2) is 0 Å². The van der Waals surface area contributed by atoms with Crippen LogP contribution >= 0.6 is 0 Å². The van der Waals surface area contributed by atoms with Gasteiger partial charge in [0.25, 0.3) is 0 Å². The lowest BCUT2D eigenvalue weighted by Gasteiger charge is -2.34. The van der Waals surface area contributed by atoms with E-state index < -0.39 is 0 Å². The molecule has 0 aromatic carbocycles. The van der Waals surface area contributed by atoms with E-state index in [4.69, 9.17) is 10.5 Å². The Morgan fingerprint density at radius 1 is 1.40 bits per heavy atom. The Labute approximate surface area is 94.0 Å². The van der Waals surface area contributed by atoms with Crippen LogP contribution in [0.4, 0.5) is 0 Å². The van der Waals surface area contributed by atoms with Crippen LogP contribution in [0.1, 0.15) is 33.6 Å². The summed E-state index contributed by atoms with van der Waals surface area (Å²) in [5.74, 6) is 0.815. The molecule has 0 bridgehead atoms. The number of ether oxygens (including phenoxy) is 1. The number of nitrogens with two attached hydrogens (primary N) is 1. The van der Waals surface area contributed by atoms with E-state index in [2.05, 4.69) is 18.7 Å². The summed E-state index contributed by atoms with van der Waals surface area (Å²) in [6, 6.07) is 0.151. The summed E-state index contributed by atoms with van der Waals surface area (Å²) < 4.78 is 5.63. The molecule has 2 N–H and O–H groups in total. The molecule has 1 saturated heterocycles. The predicted octanol–water partition coefficient (Wildman–Crippen LogP) is 1.47. The minimum atomic E-state index is 0.151. The van der Waals surface area contributed by atoms with Crippen LogP contribution < -0.4 is 5.73 Å². The Morgan fingerprint density at radius 2 is 2.13 bits per heavy atom. The van der Waals surface area contributed by atoms with Gasteiger partial charge in [0, 0.05) is 19.1 Å². The van der Waals surface area contributed by atoms with Crippen molar-refractivity contribution < 1.29 is 4.74 Å². The molecule has 1 rings (SSSR count). The Bertz CT molecular complexity index is 171. The average Bonchev–Trinajstić information content (AvgIpc) is 2.17. The highest BCUT2D eigenvalue weighted by Crippen LogP contribution is 2.10. The van der Waals surface area contributed by atoms with Gasteiger partial charge in [0.2, 0.25) is 0 Å². The predicted molar refractivity (Wildman–Crippen MR) is 63.9 cm³/mol. The number of nitrogens with zero attached hydrogens (tertiary/aromatic N) is 1. The van der Waals surface area contributed by atoms with Gasteiger partial charge in [-0.05, 0) is 32.2 Å². The molecule has 2 unspecified atom stereocenters. The molecule has 1 aliphatic heterocycles. The van der Waals surface area contributed by atoms with E-state index in [9.17, 15) is 0 Å². The van der Waals surface area contributed by atoms with Crippen LogP contribution in [0.15, 0.2) is 0 Å². The first-order chi connectivity index (χ1) is 7.09. The maximum Gasteiger partial charge on any atom is 0.0850 e. The van der Waals surface area contributed by atoms with E-state index >= 15 is 0 Å². The molecule has 1 fully saturated rings. The Balaban J connectivity index is 2.18. The molecular weight excluding hydrogens is 188 g/mol. The molecule has 3 heteroatoms. The van der Waals surface area contributed by atoms with Crippen LogP contribution in [0, 0.1) is 5.92 Å². The Hall–Kier alpha value is -0.120. The van der Waals surface area contributed by atoms with Crippen molar-refractivity contribution in [1.29, 1.82) is 0 Å². The van der Waals surface area contributed by atoms with Crippen molar-refractivity contribution in [3.05, 3.63) is 0 Å². The normalized spacial score (nSPS) is 25.8. The van der Waals surface area contributed by atoms with Crippen LogP contribution in [-0.4, -0.2) is 43.3 Å². The van der Waals surface area contributed by atoms with Crippen LogP contribution in [0.5, 0.6) is 0 Å². The molecule has 1 heterocycles. The molecule has 0 aromatic rings. The van der Waals surface area contributed by atoms with Crippen molar-refractivity contribution in [2.24, 2.45) is 11.7 Å². The minimum Gasteiger partial charge on any atom is -0.374 e. The Morgan fingerprint density at radius 3 is 2.73 bits per heavy atom. The zero-order valence-electron chi connectivity index (χ0n) is 10.4.